The van der Waals surface area contributed by atoms with Crippen LogP contribution in [0.15, 0.2) is 48.5 Å². The fraction of sp³-hybridized carbons (Fsp3) is 0.208. The van der Waals surface area contributed by atoms with Gasteiger partial charge >= 0.3 is 5.97 Å². The van der Waals surface area contributed by atoms with Gasteiger partial charge in [0.2, 0.25) is 0 Å². The number of esters is 1. The van der Waals surface area contributed by atoms with Gasteiger partial charge in [-0.15, -0.1) is 0 Å². The molecular formula is C24H21NO6. The Balaban J connectivity index is 1.90. The summed E-state index contributed by atoms with van der Waals surface area (Å²) in [6, 6.07) is 13.6. The summed E-state index contributed by atoms with van der Waals surface area (Å²) in [5.41, 5.74) is 0.743. The fourth-order valence-corrected chi connectivity index (χ4v) is 3.75. The Bertz CT molecular complexity index is 1130. The normalized spacial score (nSPS) is 12.8. The highest BCUT2D eigenvalue weighted by molar-refractivity contribution is 6.38. The predicted octanol–water partition coefficient (Wildman–Crippen LogP) is 4.36. The number of hydrogen-bond acceptors (Lipinski definition) is 6. The molecule has 31 heavy (non-hydrogen) atoms. The Labute approximate surface area is 179 Å². The SMILES string of the molecule is CCOc1c2c(c(OCC)c3ccccc13)C(=O)N(c1ccc(OC(C)=O)cc1)C2=O. The van der Waals surface area contributed by atoms with Crippen LogP contribution in [0.1, 0.15) is 41.5 Å². The quantitative estimate of drug-likeness (QED) is 0.335. The molecule has 1 heterocycles. The topological polar surface area (TPSA) is 82.1 Å². The molecule has 0 N–H and O–H groups in total. The summed E-state index contributed by atoms with van der Waals surface area (Å²) in [7, 11) is 0. The molecule has 0 aromatic heterocycles. The van der Waals surface area contributed by atoms with Crippen molar-refractivity contribution in [1.29, 1.82) is 0 Å². The molecule has 0 unspecified atom stereocenters. The highest BCUT2D eigenvalue weighted by Gasteiger charge is 2.43. The Morgan fingerprint density at radius 3 is 1.71 bits per heavy atom. The first-order chi connectivity index (χ1) is 15.0. The van der Waals surface area contributed by atoms with Gasteiger partial charge in [0.25, 0.3) is 11.8 Å². The van der Waals surface area contributed by atoms with Crippen molar-refractivity contribution < 1.29 is 28.6 Å². The number of benzene rings is 3. The number of carbonyl (C=O) groups excluding carboxylic acids is 3. The Morgan fingerprint density at radius 1 is 0.806 bits per heavy atom. The minimum atomic E-state index is -0.490. The van der Waals surface area contributed by atoms with E-state index >= 15 is 0 Å². The number of rotatable bonds is 6. The van der Waals surface area contributed by atoms with E-state index in [2.05, 4.69) is 0 Å². The largest absolute Gasteiger partial charge is 0.492 e. The molecule has 3 aromatic rings. The van der Waals surface area contributed by atoms with Crippen molar-refractivity contribution in [1.82, 2.24) is 0 Å². The maximum Gasteiger partial charge on any atom is 0.308 e. The molecule has 0 saturated heterocycles. The summed E-state index contributed by atoms with van der Waals surface area (Å²) in [6.07, 6.45) is 0. The summed E-state index contributed by atoms with van der Waals surface area (Å²) in [4.78, 5) is 39.1. The minimum absolute atomic E-state index is 0.193. The van der Waals surface area contributed by atoms with E-state index in [1.54, 1.807) is 12.1 Å². The van der Waals surface area contributed by atoms with Gasteiger partial charge in [-0.1, -0.05) is 24.3 Å². The van der Waals surface area contributed by atoms with Crippen molar-refractivity contribution in [3.05, 3.63) is 59.7 Å². The maximum absolute atomic E-state index is 13.5. The van der Waals surface area contributed by atoms with Crippen molar-refractivity contribution in [2.45, 2.75) is 20.8 Å². The molecular weight excluding hydrogens is 398 g/mol. The van der Waals surface area contributed by atoms with Crippen LogP contribution in [0.25, 0.3) is 10.8 Å². The molecule has 4 rings (SSSR count). The van der Waals surface area contributed by atoms with Crippen molar-refractivity contribution in [3.63, 3.8) is 0 Å². The van der Waals surface area contributed by atoms with Gasteiger partial charge in [-0.3, -0.25) is 14.4 Å². The summed E-state index contributed by atoms with van der Waals surface area (Å²) in [6.45, 7) is 5.62. The zero-order chi connectivity index (χ0) is 22.1. The van der Waals surface area contributed by atoms with Gasteiger partial charge in [0.15, 0.2) is 0 Å². The molecule has 0 atom stereocenters. The summed E-state index contributed by atoms with van der Waals surface area (Å²) >= 11 is 0. The molecule has 0 aliphatic carbocycles. The second-order valence-electron chi connectivity index (χ2n) is 6.85. The van der Waals surface area contributed by atoms with Crippen LogP contribution in [-0.2, 0) is 4.79 Å². The molecule has 3 aromatic carbocycles. The molecule has 2 amide bonds. The monoisotopic (exact) mass is 419 g/mol. The molecule has 0 spiro atoms. The summed E-state index contributed by atoms with van der Waals surface area (Å²) < 4.78 is 16.7. The zero-order valence-electron chi connectivity index (χ0n) is 17.4. The van der Waals surface area contributed by atoms with E-state index in [0.717, 1.165) is 4.90 Å². The van der Waals surface area contributed by atoms with Gasteiger partial charge in [-0.25, -0.2) is 4.90 Å². The van der Waals surface area contributed by atoms with Gasteiger partial charge in [0.1, 0.15) is 17.2 Å². The van der Waals surface area contributed by atoms with E-state index in [1.807, 2.05) is 38.1 Å². The second-order valence-corrected chi connectivity index (χ2v) is 6.85. The molecule has 0 bridgehead atoms. The first-order valence-electron chi connectivity index (χ1n) is 9.99. The maximum atomic E-state index is 13.5. The van der Waals surface area contributed by atoms with E-state index in [-0.39, 0.29) is 11.1 Å². The van der Waals surface area contributed by atoms with E-state index in [1.165, 1.54) is 19.1 Å². The Morgan fingerprint density at radius 2 is 1.29 bits per heavy atom. The Kier molecular flexibility index (Phi) is 5.33. The van der Waals surface area contributed by atoms with Crippen LogP contribution in [0, 0.1) is 0 Å². The number of amides is 2. The highest BCUT2D eigenvalue weighted by Crippen LogP contribution is 2.46. The Hall–Kier alpha value is -3.87. The average Bonchev–Trinajstić information content (AvgIpc) is 3.01. The standard InChI is InChI=1S/C24H21NO6/c1-4-29-21-17-8-6-7-9-18(17)22(30-5-2)20-19(21)23(27)25(24(20)28)15-10-12-16(13-11-15)31-14(3)26/h6-13H,4-5H2,1-3H3. The first-order valence-corrected chi connectivity index (χ1v) is 9.99. The van der Waals surface area contributed by atoms with Crippen LogP contribution in [0.5, 0.6) is 17.2 Å². The predicted molar refractivity (Wildman–Crippen MR) is 115 cm³/mol. The summed E-state index contributed by atoms with van der Waals surface area (Å²) in [5.74, 6) is -0.375. The van der Waals surface area contributed by atoms with Crippen molar-refractivity contribution in [3.8, 4) is 17.2 Å². The zero-order valence-corrected chi connectivity index (χ0v) is 17.4. The second kappa shape index (κ2) is 8.10. The number of ether oxygens (including phenoxy) is 3. The molecule has 0 fully saturated rings. The highest BCUT2D eigenvalue weighted by atomic mass is 16.5. The van der Waals surface area contributed by atoms with Gasteiger partial charge in [0, 0.05) is 17.7 Å². The number of carbonyl (C=O) groups is 3. The first kappa shape index (κ1) is 20.4. The molecule has 1 aliphatic heterocycles. The number of fused-ring (bicyclic) bond motifs is 2. The van der Waals surface area contributed by atoms with Crippen LogP contribution in [0.2, 0.25) is 0 Å². The van der Waals surface area contributed by atoms with Gasteiger partial charge in [-0.05, 0) is 38.1 Å². The lowest BCUT2D eigenvalue weighted by atomic mass is 9.99. The lowest BCUT2D eigenvalue weighted by molar-refractivity contribution is -0.131. The van der Waals surface area contributed by atoms with Crippen LogP contribution in [0.4, 0.5) is 5.69 Å². The molecule has 0 saturated carbocycles. The number of hydrogen-bond donors (Lipinski definition) is 0. The third kappa shape index (κ3) is 3.38. The lowest BCUT2D eigenvalue weighted by Gasteiger charge is -2.15. The third-order valence-electron chi connectivity index (χ3n) is 4.89. The average molecular weight is 419 g/mol. The number of anilines is 1. The van der Waals surface area contributed by atoms with Crippen molar-refractivity contribution in [2.24, 2.45) is 0 Å². The van der Waals surface area contributed by atoms with Gasteiger partial charge in [-0.2, -0.15) is 0 Å². The van der Waals surface area contributed by atoms with E-state index in [0.29, 0.717) is 46.9 Å². The minimum Gasteiger partial charge on any atom is -0.492 e. The fourth-order valence-electron chi connectivity index (χ4n) is 3.75. The summed E-state index contributed by atoms with van der Waals surface area (Å²) in [5, 5.41) is 1.42. The lowest BCUT2D eigenvalue weighted by Crippen LogP contribution is -2.29. The van der Waals surface area contributed by atoms with Crippen LogP contribution >= 0.6 is 0 Å². The van der Waals surface area contributed by atoms with E-state index in [9.17, 15) is 14.4 Å². The molecule has 0 radical (unpaired) electrons. The van der Waals surface area contributed by atoms with Crippen LogP contribution in [-0.4, -0.2) is 31.0 Å². The molecule has 7 nitrogen and oxygen atoms in total. The van der Waals surface area contributed by atoms with Gasteiger partial charge in [0.05, 0.1) is 30.0 Å². The van der Waals surface area contributed by atoms with E-state index in [4.69, 9.17) is 14.2 Å². The van der Waals surface area contributed by atoms with Crippen LogP contribution < -0.4 is 19.1 Å². The molecule has 158 valence electrons. The van der Waals surface area contributed by atoms with Crippen molar-refractivity contribution in [2.75, 3.05) is 18.1 Å². The molecule has 1 aliphatic rings. The van der Waals surface area contributed by atoms with Crippen LogP contribution in [0.3, 0.4) is 0 Å². The smallest absolute Gasteiger partial charge is 0.308 e. The number of nitrogens with zero attached hydrogens (tertiary/aromatic N) is 1. The van der Waals surface area contributed by atoms with Crippen molar-refractivity contribution >= 4 is 34.2 Å². The molecule has 7 heteroatoms. The third-order valence-corrected chi connectivity index (χ3v) is 4.89. The number of imide groups is 1. The van der Waals surface area contributed by atoms with Gasteiger partial charge < -0.3 is 14.2 Å². The van der Waals surface area contributed by atoms with E-state index < -0.39 is 17.8 Å².